The number of nitrogens with zero attached hydrogens (tertiary/aromatic N) is 3. The van der Waals surface area contributed by atoms with Crippen LogP contribution in [0.5, 0.6) is 0 Å². The first-order chi connectivity index (χ1) is 11.6. The predicted molar refractivity (Wildman–Crippen MR) is 93.2 cm³/mol. The van der Waals surface area contributed by atoms with Crippen molar-refractivity contribution < 1.29 is 9.59 Å². The second-order valence-electron chi connectivity index (χ2n) is 5.82. The summed E-state index contributed by atoms with van der Waals surface area (Å²) in [7, 11) is 3.67. The molecule has 1 fully saturated rings. The quantitative estimate of drug-likeness (QED) is 0.919. The van der Waals surface area contributed by atoms with E-state index >= 15 is 0 Å². The van der Waals surface area contributed by atoms with Crippen LogP contribution in [0.1, 0.15) is 31.6 Å². The Balaban J connectivity index is 1.81. The number of piperazine rings is 1. The lowest BCUT2D eigenvalue weighted by molar-refractivity contribution is 0.0550. The van der Waals surface area contributed by atoms with E-state index in [4.69, 9.17) is 0 Å². The lowest BCUT2D eigenvalue weighted by atomic mass is 10.00. The van der Waals surface area contributed by atoms with Gasteiger partial charge >= 0.3 is 0 Å². The highest BCUT2D eigenvalue weighted by Crippen LogP contribution is 2.26. The number of benzene rings is 1. The average Bonchev–Trinajstić information content (AvgIpc) is 3.15. The van der Waals surface area contributed by atoms with Crippen molar-refractivity contribution in [3.8, 4) is 0 Å². The van der Waals surface area contributed by atoms with Crippen molar-refractivity contribution in [1.82, 2.24) is 20.1 Å². The van der Waals surface area contributed by atoms with Crippen LogP contribution in [-0.2, 0) is 0 Å². The molecular formula is C17H20N4O2S. The van der Waals surface area contributed by atoms with Crippen molar-refractivity contribution in [2.75, 3.05) is 33.7 Å². The van der Waals surface area contributed by atoms with Gasteiger partial charge in [-0.2, -0.15) is 0 Å². The third-order valence-corrected chi connectivity index (χ3v) is 5.10. The van der Waals surface area contributed by atoms with Crippen LogP contribution in [0.3, 0.4) is 0 Å². The summed E-state index contributed by atoms with van der Waals surface area (Å²) in [6, 6.07) is 7.66. The summed E-state index contributed by atoms with van der Waals surface area (Å²) in [6.07, 6.45) is 1.62. The molecule has 1 atom stereocenters. The van der Waals surface area contributed by atoms with Gasteiger partial charge in [0.2, 0.25) is 0 Å². The number of carbonyl (C=O) groups is 2. The van der Waals surface area contributed by atoms with Crippen LogP contribution in [0.15, 0.2) is 36.0 Å². The number of carbonyl (C=O) groups excluding carboxylic acids is 2. The topological polar surface area (TPSA) is 65.5 Å². The van der Waals surface area contributed by atoms with Crippen LogP contribution >= 0.6 is 11.3 Å². The molecule has 0 unspecified atom stereocenters. The average molecular weight is 344 g/mol. The molecule has 24 heavy (non-hydrogen) atoms. The van der Waals surface area contributed by atoms with E-state index in [1.807, 2.05) is 30.1 Å². The van der Waals surface area contributed by atoms with Crippen LogP contribution < -0.4 is 5.32 Å². The summed E-state index contributed by atoms with van der Waals surface area (Å²) < 4.78 is 0. The zero-order valence-electron chi connectivity index (χ0n) is 13.7. The Bertz CT molecular complexity index is 732. The van der Waals surface area contributed by atoms with Gasteiger partial charge < -0.3 is 10.2 Å². The molecule has 7 heteroatoms. The third-order valence-electron chi connectivity index (χ3n) is 4.34. The number of amides is 2. The minimum absolute atomic E-state index is 0.0260. The first-order valence-corrected chi connectivity index (χ1v) is 8.68. The van der Waals surface area contributed by atoms with E-state index in [0.29, 0.717) is 23.5 Å². The molecule has 3 rings (SSSR count). The van der Waals surface area contributed by atoms with E-state index in [1.54, 1.807) is 24.8 Å². The molecule has 0 saturated carbocycles. The molecule has 2 heterocycles. The summed E-state index contributed by atoms with van der Waals surface area (Å²) in [5.41, 5.74) is 3.35. The summed E-state index contributed by atoms with van der Waals surface area (Å²) in [5.74, 6) is -0.0778. The van der Waals surface area contributed by atoms with Gasteiger partial charge in [0.25, 0.3) is 11.8 Å². The maximum Gasteiger partial charge on any atom is 0.265 e. The second-order valence-corrected chi connectivity index (χ2v) is 6.70. The van der Waals surface area contributed by atoms with Crippen molar-refractivity contribution in [2.45, 2.75) is 6.04 Å². The highest BCUT2D eigenvalue weighted by molar-refractivity contribution is 7.11. The van der Waals surface area contributed by atoms with Crippen molar-refractivity contribution in [2.24, 2.45) is 0 Å². The maximum atomic E-state index is 12.6. The summed E-state index contributed by atoms with van der Waals surface area (Å²) in [6.45, 7) is 2.09. The molecule has 0 aliphatic carbocycles. The minimum atomic E-state index is -0.104. The van der Waals surface area contributed by atoms with Gasteiger partial charge in [0.05, 0.1) is 17.7 Å². The third kappa shape index (κ3) is 3.32. The first kappa shape index (κ1) is 16.6. The molecule has 1 aliphatic rings. The van der Waals surface area contributed by atoms with Gasteiger partial charge in [0.15, 0.2) is 0 Å². The number of rotatable bonds is 3. The molecule has 1 N–H and O–H groups in total. The fourth-order valence-corrected chi connectivity index (χ4v) is 3.51. The van der Waals surface area contributed by atoms with Crippen LogP contribution in [0, 0.1) is 0 Å². The predicted octanol–water partition coefficient (Wildman–Crippen LogP) is 1.63. The van der Waals surface area contributed by atoms with Gasteiger partial charge in [0.1, 0.15) is 4.88 Å². The van der Waals surface area contributed by atoms with E-state index in [9.17, 15) is 9.59 Å². The molecule has 1 saturated heterocycles. The van der Waals surface area contributed by atoms with Crippen LogP contribution in [0.2, 0.25) is 0 Å². The maximum absolute atomic E-state index is 12.6. The van der Waals surface area contributed by atoms with Gasteiger partial charge in [-0.3, -0.25) is 19.5 Å². The van der Waals surface area contributed by atoms with Gasteiger partial charge in [-0.25, -0.2) is 0 Å². The van der Waals surface area contributed by atoms with Gasteiger partial charge in [0, 0.05) is 32.2 Å². The monoisotopic (exact) mass is 344 g/mol. The Labute approximate surface area is 145 Å². The van der Waals surface area contributed by atoms with Crippen LogP contribution in [0.4, 0.5) is 0 Å². The van der Waals surface area contributed by atoms with E-state index in [2.05, 4.69) is 15.2 Å². The van der Waals surface area contributed by atoms with E-state index < -0.39 is 0 Å². The fraction of sp³-hybridized carbons (Fsp3) is 0.353. The van der Waals surface area contributed by atoms with E-state index in [0.717, 1.165) is 12.1 Å². The molecule has 0 bridgehead atoms. The molecule has 1 aliphatic heterocycles. The molecule has 1 aromatic heterocycles. The molecule has 2 amide bonds. The van der Waals surface area contributed by atoms with Crippen molar-refractivity contribution in [3.05, 3.63) is 52.0 Å². The zero-order valence-corrected chi connectivity index (χ0v) is 14.5. The number of hydrogen-bond acceptors (Lipinski definition) is 5. The zero-order chi connectivity index (χ0) is 17.1. The van der Waals surface area contributed by atoms with Gasteiger partial charge in [-0.1, -0.05) is 12.1 Å². The SMILES string of the molecule is CNC(=O)c1cccc([C@@H]2CN(C(=O)c3cncs3)CCN2C)c1. The van der Waals surface area contributed by atoms with Crippen LogP contribution in [0.25, 0.3) is 0 Å². The van der Waals surface area contributed by atoms with Crippen molar-refractivity contribution >= 4 is 23.2 Å². The Morgan fingerprint density at radius 1 is 1.33 bits per heavy atom. The Kier molecular flexibility index (Phi) is 4.92. The molecular weight excluding hydrogens is 324 g/mol. The highest BCUT2D eigenvalue weighted by Gasteiger charge is 2.29. The van der Waals surface area contributed by atoms with Crippen molar-refractivity contribution in [1.29, 1.82) is 0 Å². The van der Waals surface area contributed by atoms with Crippen LogP contribution in [-0.4, -0.2) is 60.3 Å². The molecule has 6 nitrogen and oxygen atoms in total. The van der Waals surface area contributed by atoms with E-state index in [-0.39, 0.29) is 17.9 Å². The lowest BCUT2D eigenvalue weighted by Gasteiger charge is -2.39. The standard InChI is InChI=1S/C17H20N4O2S/c1-18-16(22)13-5-3-4-12(8-13)14-10-21(7-6-20(14)2)17(23)15-9-19-11-24-15/h3-5,8-9,11,14H,6-7,10H2,1-2H3,(H,18,22)/t14-/m0/s1. The Morgan fingerprint density at radius 3 is 2.88 bits per heavy atom. The summed E-state index contributed by atoms with van der Waals surface area (Å²) in [5, 5.41) is 2.65. The molecule has 126 valence electrons. The summed E-state index contributed by atoms with van der Waals surface area (Å²) >= 11 is 1.36. The molecule has 0 radical (unpaired) electrons. The minimum Gasteiger partial charge on any atom is -0.355 e. The first-order valence-electron chi connectivity index (χ1n) is 7.80. The molecule has 0 spiro atoms. The Morgan fingerprint density at radius 2 is 2.17 bits per heavy atom. The van der Waals surface area contributed by atoms with Gasteiger partial charge in [-0.15, -0.1) is 11.3 Å². The van der Waals surface area contributed by atoms with Gasteiger partial charge in [-0.05, 0) is 24.7 Å². The normalized spacial score (nSPS) is 18.4. The van der Waals surface area contributed by atoms with Crippen molar-refractivity contribution in [3.63, 3.8) is 0 Å². The lowest BCUT2D eigenvalue weighted by Crippen LogP contribution is -2.48. The number of nitrogens with one attached hydrogen (secondary N) is 1. The van der Waals surface area contributed by atoms with E-state index in [1.165, 1.54) is 11.3 Å². The highest BCUT2D eigenvalue weighted by atomic mass is 32.1. The Hall–Kier alpha value is -2.25. The largest absolute Gasteiger partial charge is 0.355 e. The smallest absolute Gasteiger partial charge is 0.265 e. The summed E-state index contributed by atoms with van der Waals surface area (Å²) in [4.78, 5) is 33.2. The fourth-order valence-electron chi connectivity index (χ4n) is 2.93. The second kappa shape index (κ2) is 7.11. The number of aromatic nitrogens is 1. The molecule has 1 aromatic carbocycles. The number of thiazole rings is 1. The number of hydrogen-bond donors (Lipinski definition) is 1. The molecule has 2 aromatic rings. The number of likely N-dealkylation sites (N-methyl/N-ethyl adjacent to an activating group) is 1.